The van der Waals surface area contributed by atoms with E-state index in [1.807, 2.05) is 37.4 Å². The van der Waals surface area contributed by atoms with Crippen LogP contribution in [0, 0.1) is 0 Å². The molecule has 0 saturated heterocycles. The minimum absolute atomic E-state index is 0.0513. The van der Waals surface area contributed by atoms with E-state index in [0.29, 0.717) is 31.0 Å². The molecular weight excluding hydrogens is 466 g/mol. The summed E-state index contributed by atoms with van der Waals surface area (Å²) >= 11 is 6.62. The molecule has 1 aliphatic heterocycles. The fraction of sp³-hybridized carbons (Fsp3) is 0.462. The SMILES string of the molecule is CCC1CN(Cc2cc(C(CCc3cn(CC)nn3)CC(=O)O)ccc2Cl)Cc2ncccc2O1. The summed E-state index contributed by atoms with van der Waals surface area (Å²) in [6, 6.07) is 9.75. The largest absolute Gasteiger partial charge is 0.487 e. The maximum atomic E-state index is 11.7. The number of rotatable bonds is 10. The molecule has 2 aromatic heterocycles. The van der Waals surface area contributed by atoms with Gasteiger partial charge in [-0.25, -0.2) is 0 Å². The van der Waals surface area contributed by atoms with Crippen LogP contribution in [0.4, 0.5) is 0 Å². The number of aliphatic carboxylic acids is 1. The molecule has 1 aromatic carbocycles. The molecule has 1 aliphatic rings. The Balaban J connectivity index is 1.53. The lowest BCUT2D eigenvalue weighted by Crippen LogP contribution is -2.32. The topological polar surface area (TPSA) is 93.4 Å². The second-order valence-corrected chi connectivity index (χ2v) is 9.42. The highest BCUT2D eigenvalue weighted by Crippen LogP contribution is 2.31. The van der Waals surface area contributed by atoms with Gasteiger partial charge in [0.1, 0.15) is 11.9 Å². The Hall–Kier alpha value is -2.97. The standard InChI is InChI=1S/C26H32ClN5O3/c1-3-22-16-31(17-24-25(35-22)6-5-11-28-24)14-20-12-18(8-10-23(20)27)19(13-26(33)34)7-9-21-15-32(4-2)30-29-21/h5-6,8,10-12,15,19,22H,3-4,7,9,13-14,16-17H2,1-2H3,(H,33,34). The molecule has 35 heavy (non-hydrogen) atoms. The van der Waals surface area contributed by atoms with Crippen LogP contribution in [0.25, 0.3) is 0 Å². The summed E-state index contributed by atoms with van der Waals surface area (Å²) in [7, 11) is 0. The minimum atomic E-state index is -0.818. The van der Waals surface area contributed by atoms with Gasteiger partial charge in [-0.15, -0.1) is 5.10 Å². The quantitative estimate of drug-likeness (QED) is 0.433. The molecule has 186 valence electrons. The molecule has 9 heteroatoms. The number of benzene rings is 1. The van der Waals surface area contributed by atoms with Crippen LogP contribution in [0.15, 0.2) is 42.7 Å². The lowest BCUT2D eigenvalue weighted by atomic mass is 9.89. The first-order valence-corrected chi connectivity index (χ1v) is 12.5. The lowest BCUT2D eigenvalue weighted by molar-refractivity contribution is -0.137. The van der Waals surface area contributed by atoms with E-state index in [1.165, 1.54) is 0 Å². The van der Waals surface area contributed by atoms with Crippen molar-refractivity contribution in [1.82, 2.24) is 24.9 Å². The number of nitrogens with zero attached hydrogens (tertiary/aromatic N) is 5. The van der Waals surface area contributed by atoms with E-state index >= 15 is 0 Å². The van der Waals surface area contributed by atoms with E-state index in [1.54, 1.807) is 10.9 Å². The molecule has 2 unspecified atom stereocenters. The van der Waals surface area contributed by atoms with Gasteiger partial charge in [-0.1, -0.05) is 35.9 Å². The van der Waals surface area contributed by atoms with E-state index < -0.39 is 5.97 Å². The van der Waals surface area contributed by atoms with Crippen LogP contribution >= 0.6 is 11.6 Å². The first kappa shape index (κ1) is 25.1. The number of carbonyl (C=O) groups is 1. The normalized spacial score (nSPS) is 16.8. The Morgan fingerprint density at radius 3 is 2.91 bits per heavy atom. The van der Waals surface area contributed by atoms with E-state index in [9.17, 15) is 9.90 Å². The third-order valence-electron chi connectivity index (χ3n) is 6.45. The fourth-order valence-corrected chi connectivity index (χ4v) is 4.68. The van der Waals surface area contributed by atoms with Crippen molar-refractivity contribution in [3.05, 3.63) is 70.3 Å². The van der Waals surface area contributed by atoms with Gasteiger partial charge in [0.2, 0.25) is 0 Å². The Labute approximate surface area is 210 Å². The second kappa shape index (κ2) is 11.6. The molecule has 4 rings (SSSR count). The molecular formula is C26H32ClN5O3. The molecule has 0 radical (unpaired) electrons. The molecule has 3 heterocycles. The fourth-order valence-electron chi connectivity index (χ4n) is 4.50. The first-order chi connectivity index (χ1) is 16.9. The van der Waals surface area contributed by atoms with Crippen molar-refractivity contribution < 1.29 is 14.6 Å². The molecule has 0 amide bonds. The van der Waals surface area contributed by atoms with E-state index in [-0.39, 0.29) is 18.4 Å². The summed E-state index contributed by atoms with van der Waals surface area (Å²) in [4.78, 5) is 18.5. The molecule has 0 saturated carbocycles. The Bertz CT molecular complexity index is 1150. The number of halogens is 1. The zero-order chi connectivity index (χ0) is 24.8. The Morgan fingerprint density at radius 2 is 2.17 bits per heavy atom. The predicted molar refractivity (Wildman–Crippen MR) is 134 cm³/mol. The Kier molecular flexibility index (Phi) is 8.36. The Morgan fingerprint density at radius 1 is 1.31 bits per heavy atom. The third kappa shape index (κ3) is 6.58. The summed E-state index contributed by atoms with van der Waals surface area (Å²) in [5.41, 5.74) is 3.74. The van der Waals surface area contributed by atoms with Crippen molar-refractivity contribution in [3.63, 3.8) is 0 Å². The molecule has 2 atom stereocenters. The van der Waals surface area contributed by atoms with Crippen molar-refractivity contribution in [2.45, 2.75) is 71.2 Å². The number of hydrogen-bond acceptors (Lipinski definition) is 6. The average Bonchev–Trinajstić information content (AvgIpc) is 3.23. The third-order valence-corrected chi connectivity index (χ3v) is 6.82. The van der Waals surface area contributed by atoms with Gasteiger partial charge in [0.05, 0.1) is 17.8 Å². The van der Waals surface area contributed by atoms with Crippen LogP contribution in [0.1, 0.15) is 61.5 Å². The zero-order valence-electron chi connectivity index (χ0n) is 20.2. The van der Waals surface area contributed by atoms with Crippen LogP contribution in [0.2, 0.25) is 5.02 Å². The molecule has 0 spiro atoms. The highest BCUT2D eigenvalue weighted by Gasteiger charge is 2.24. The highest BCUT2D eigenvalue weighted by molar-refractivity contribution is 6.31. The van der Waals surface area contributed by atoms with E-state index in [2.05, 4.69) is 33.2 Å². The monoisotopic (exact) mass is 497 g/mol. The number of fused-ring (bicyclic) bond motifs is 1. The molecule has 1 N–H and O–H groups in total. The molecule has 0 fully saturated rings. The van der Waals surface area contributed by atoms with Crippen molar-refractivity contribution in [1.29, 1.82) is 0 Å². The van der Waals surface area contributed by atoms with Gasteiger partial charge in [0, 0.05) is 43.6 Å². The maximum absolute atomic E-state index is 11.7. The van der Waals surface area contributed by atoms with Gasteiger partial charge in [-0.3, -0.25) is 19.4 Å². The van der Waals surface area contributed by atoms with Crippen molar-refractivity contribution >= 4 is 17.6 Å². The van der Waals surface area contributed by atoms with Crippen molar-refractivity contribution in [2.75, 3.05) is 6.54 Å². The second-order valence-electron chi connectivity index (χ2n) is 9.02. The van der Waals surface area contributed by atoms with Gasteiger partial charge >= 0.3 is 5.97 Å². The smallest absolute Gasteiger partial charge is 0.303 e. The summed E-state index contributed by atoms with van der Waals surface area (Å²) < 4.78 is 7.96. The lowest BCUT2D eigenvalue weighted by Gasteiger charge is -2.24. The van der Waals surface area contributed by atoms with Gasteiger partial charge in [-0.2, -0.15) is 0 Å². The van der Waals surface area contributed by atoms with Crippen molar-refractivity contribution in [2.24, 2.45) is 0 Å². The van der Waals surface area contributed by atoms with Crippen LogP contribution in [-0.2, 0) is 30.8 Å². The number of aryl methyl sites for hydroxylation is 2. The zero-order valence-corrected chi connectivity index (χ0v) is 21.0. The van der Waals surface area contributed by atoms with Crippen LogP contribution in [0.3, 0.4) is 0 Å². The molecule has 0 aliphatic carbocycles. The number of ether oxygens (including phenoxy) is 1. The number of pyridine rings is 1. The number of hydrogen-bond donors (Lipinski definition) is 1. The molecule has 8 nitrogen and oxygen atoms in total. The summed E-state index contributed by atoms with van der Waals surface area (Å²) in [5, 5.41) is 18.5. The summed E-state index contributed by atoms with van der Waals surface area (Å²) in [6.07, 6.45) is 6.05. The van der Waals surface area contributed by atoms with Crippen LogP contribution < -0.4 is 4.74 Å². The van der Waals surface area contributed by atoms with Gasteiger partial charge < -0.3 is 9.84 Å². The average molecular weight is 498 g/mol. The van der Waals surface area contributed by atoms with Crippen molar-refractivity contribution in [3.8, 4) is 5.75 Å². The summed E-state index contributed by atoms with van der Waals surface area (Å²) in [6.45, 7) is 6.94. The molecule has 0 bridgehead atoms. The number of carboxylic acid groups (broad SMARTS) is 1. The minimum Gasteiger partial charge on any atom is -0.487 e. The first-order valence-electron chi connectivity index (χ1n) is 12.2. The van der Waals surface area contributed by atoms with Crippen LogP contribution in [-0.4, -0.2) is 48.6 Å². The van der Waals surface area contributed by atoms with E-state index in [4.69, 9.17) is 16.3 Å². The van der Waals surface area contributed by atoms with Crippen LogP contribution in [0.5, 0.6) is 5.75 Å². The van der Waals surface area contributed by atoms with Gasteiger partial charge in [-0.05, 0) is 61.4 Å². The van der Waals surface area contributed by atoms with E-state index in [0.717, 1.165) is 47.8 Å². The number of carboxylic acids is 1. The van der Waals surface area contributed by atoms with Gasteiger partial charge in [0.25, 0.3) is 0 Å². The predicted octanol–water partition coefficient (Wildman–Crippen LogP) is 4.71. The van der Waals surface area contributed by atoms with Gasteiger partial charge in [0.15, 0.2) is 0 Å². The summed E-state index contributed by atoms with van der Waals surface area (Å²) in [5.74, 6) is -0.126. The highest BCUT2D eigenvalue weighted by atomic mass is 35.5. The maximum Gasteiger partial charge on any atom is 0.303 e. The molecule has 3 aromatic rings. The number of aromatic nitrogens is 4.